The van der Waals surface area contributed by atoms with E-state index in [2.05, 4.69) is 0 Å². The van der Waals surface area contributed by atoms with Gasteiger partial charge in [0.15, 0.2) is 5.78 Å². The van der Waals surface area contributed by atoms with Gasteiger partial charge in [-0.15, -0.1) is 0 Å². The smallest absolute Gasteiger partial charge is 0.189 e. The van der Waals surface area contributed by atoms with Gasteiger partial charge in [-0.3, -0.25) is 4.79 Å². The van der Waals surface area contributed by atoms with Crippen molar-refractivity contribution >= 4 is 5.78 Å². The lowest BCUT2D eigenvalue weighted by molar-refractivity contribution is -0.141. The van der Waals surface area contributed by atoms with Crippen LogP contribution in [0.25, 0.3) is 0 Å². The van der Waals surface area contributed by atoms with Crippen LogP contribution < -0.4 is 0 Å². The quantitative estimate of drug-likeness (QED) is 0.407. The summed E-state index contributed by atoms with van der Waals surface area (Å²) in [6.45, 7) is 0.966. The lowest BCUT2D eigenvalue weighted by Gasteiger charge is -2.20. The third-order valence-corrected chi connectivity index (χ3v) is 1.79. The highest BCUT2D eigenvalue weighted by molar-refractivity contribution is 5.84. The van der Waals surface area contributed by atoms with Gasteiger partial charge in [0.2, 0.25) is 0 Å². The van der Waals surface area contributed by atoms with E-state index < -0.39 is 30.7 Å². The number of carbonyl (C=O) groups is 1. The van der Waals surface area contributed by atoms with E-state index in [0.29, 0.717) is 12.8 Å². The molecule has 0 aromatic rings. The Hall–Kier alpha value is -0.490. The zero-order chi connectivity index (χ0) is 10.4. The first-order valence-corrected chi connectivity index (χ1v) is 4.22. The molecule has 5 heteroatoms. The minimum absolute atomic E-state index is 0.303. The summed E-state index contributed by atoms with van der Waals surface area (Å²) in [5.41, 5.74) is 0. The van der Waals surface area contributed by atoms with Crippen molar-refractivity contribution in [2.24, 2.45) is 0 Å². The Balaban J connectivity index is 4.07. The molecule has 0 heterocycles. The minimum atomic E-state index is -1.70. The fourth-order valence-electron chi connectivity index (χ4n) is 0.961. The van der Waals surface area contributed by atoms with Crippen molar-refractivity contribution in [3.63, 3.8) is 0 Å². The SMILES string of the molecule is CCC[C@H](O)[C@H](O)[C@@H](O)C(=O)CO. The maximum Gasteiger partial charge on any atom is 0.189 e. The second-order valence-corrected chi connectivity index (χ2v) is 2.92. The molecule has 5 nitrogen and oxygen atoms in total. The molecule has 0 aliphatic heterocycles. The van der Waals surface area contributed by atoms with Crippen molar-refractivity contribution in [1.82, 2.24) is 0 Å². The fraction of sp³-hybridized carbons (Fsp3) is 0.875. The van der Waals surface area contributed by atoms with E-state index >= 15 is 0 Å². The molecule has 0 aliphatic rings. The molecule has 4 N–H and O–H groups in total. The molecule has 3 atom stereocenters. The predicted octanol–water partition coefficient (Wildman–Crippen LogP) is -1.57. The molecule has 0 spiro atoms. The Morgan fingerprint density at radius 1 is 1.31 bits per heavy atom. The van der Waals surface area contributed by atoms with Crippen LogP contribution in [0.5, 0.6) is 0 Å². The van der Waals surface area contributed by atoms with Crippen LogP contribution in [0.2, 0.25) is 0 Å². The minimum Gasteiger partial charge on any atom is -0.390 e. The Labute approximate surface area is 76.6 Å². The maximum absolute atomic E-state index is 10.7. The lowest BCUT2D eigenvalue weighted by Crippen LogP contribution is -2.43. The maximum atomic E-state index is 10.7. The molecule has 0 fully saturated rings. The summed E-state index contributed by atoms with van der Waals surface area (Å²) < 4.78 is 0. The van der Waals surface area contributed by atoms with Gasteiger partial charge in [-0.2, -0.15) is 0 Å². The van der Waals surface area contributed by atoms with E-state index in [9.17, 15) is 15.0 Å². The second kappa shape index (κ2) is 6.04. The van der Waals surface area contributed by atoms with Crippen LogP contribution in [0.15, 0.2) is 0 Å². The first-order chi connectivity index (χ1) is 6.04. The van der Waals surface area contributed by atoms with E-state index in [0.717, 1.165) is 0 Å². The molecule has 0 aliphatic carbocycles. The first-order valence-electron chi connectivity index (χ1n) is 4.22. The summed E-state index contributed by atoms with van der Waals surface area (Å²) >= 11 is 0. The molecule has 13 heavy (non-hydrogen) atoms. The number of hydrogen-bond acceptors (Lipinski definition) is 5. The summed E-state index contributed by atoms with van der Waals surface area (Å²) in [5, 5.41) is 35.8. The third kappa shape index (κ3) is 3.82. The lowest BCUT2D eigenvalue weighted by atomic mass is 10.0. The highest BCUT2D eigenvalue weighted by Crippen LogP contribution is 2.06. The third-order valence-electron chi connectivity index (χ3n) is 1.79. The summed E-state index contributed by atoms with van der Waals surface area (Å²) in [5.74, 6) is -0.886. The zero-order valence-corrected chi connectivity index (χ0v) is 7.55. The summed E-state index contributed by atoms with van der Waals surface area (Å²) in [6.07, 6.45) is -3.41. The number of carbonyl (C=O) groups excluding carboxylic acids is 1. The number of aliphatic hydroxyl groups excluding tert-OH is 4. The zero-order valence-electron chi connectivity index (χ0n) is 7.55. The molecule has 0 unspecified atom stereocenters. The van der Waals surface area contributed by atoms with Crippen LogP contribution in [0.4, 0.5) is 0 Å². The number of Topliss-reactive ketones (excluding diaryl/α,β-unsaturated/α-hetero) is 1. The van der Waals surface area contributed by atoms with E-state index in [1.165, 1.54) is 0 Å². The first kappa shape index (κ1) is 12.5. The van der Waals surface area contributed by atoms with Crippen molar-refractivity contribution in [1.29, 1.82) is 0 Å². The number of ketones is 1. The van der Waals surface area contributed by atoms with Gasteiger partial charge in [-0.1, -0.05) is 13.3 Å². The van der Waals surface area contributed by atoms with Crippen molar-refractivity contribution in [3.8, 4) is 0 Å². The highest BCUT2D eigenvalue weighted by Gasteiger charge is 2.28. The van der Waals surface area contributed by atoms with Gasteiger partial charge in [-0.05, 0) is 6.42 Å². The molecule has 0 rings (SSSR count). The molecule has 0 saturated carbocycles. The number of hydrogen-bond donors (Lipinski definition) is 4. The van der Waals surface area contributed by atoms with Gasteiger partial charge < -0.3 is 20.4 Å². The Morgan fingerprint density at radius 2 is 1.85 bits per heavy atom. The average molecular weight is 192 g/mol. The molecule has 0 amide bonds. The Kier molecular flexibility index (Phi) is 5.81. The van der Waals surface area contributed by atoms with Crippen LogP contribution >= 0.6 is 0 Å². The van der Waals surface area contributed by atoms with Crippen molar-refractivity contribution < 1.29 is 25.2 Å². The largest absolute Gasteiger partial charge is 0.390 e. The van der Waals surface area contributed by atoms with E-state index in [1.54, 1.807) is 6.92 Å². The molecule has 0 aromatic carbocycles. The van der Waals surface area contributed by atoms with Crippen molar-refractivity contribution in [2.45, 2.75) is 38.1 Å². The Bertz CT molecular complexity index is 159. The van der Waals surface area contributed by atoms with Crippen molar-refractivity contribution in [3.05, 3.63) is 0 Å². The molecular formula is C8H16O5. The standard InChI is InChI=1S/C8H16O5/c1-2-3-5(10)7(12)8(13)6(11)4-9/h5,7-10,12-13H,2-4H2,1H3/t5-,7-,8-/m0/s1. The topological polar surface area (TPSA) is 98.0 Å². The summed E-state index contributed by atoms with van der Waals surface area (Å²) in [4.78, 5) is 10.7. The van der Waals surface area contributed by atoms with E-state index in [-0.39, 0.29) is 0 Å². The van der Waals surface area contributed by atoms with Crippen molar-refractivity contribution in [2.75, 3.05) is 6.61 Å². The predicted molar refractivity (Wildman–Crippen MR) is 45.0 cm³/mol. The molecule has 0 aromatic heterocycles. The van der Waals surface area contributed by atoms with E-state index in [1.807, 2.05) is 0 Å². The van der Waals surface area contributed by atoms with Gasteiger partial charge >= 0.3 is 0 Å². The molecule has 78 valence electrons. The average Bonchev–Trinajstić information content (AvgIpc) is 2.14. The van der Waals surface area contributed by atoms with Gasteiger partial charge in [0.1, 0.15) is 18.8 Å². The summed E-state index contributed by atoms with van der Waals surface area (Å²) in [6, 6.07) is 0. The van der Waals surface area contributed by atoms with Gasteiger partial charge in [0, 0.05) is 0 Å². The van der Waals surface area contributed by atoms with Crippen LogP contribution in [-0.4, -0.2) is 51.1 Å². The van der Waals surface area contributed by atoms with Crippen LogP contribution in [0.1, 0.15) is 19.8 Å². The van der Waals surface area contributed by atoms with Crippen LogP contribution in [0.3, 0.4) is 0 Å². The fourth-order valence-corrected chi connectivity index (χ4v) is 0.961. The van der Waals surface area contributed by atoms with Crippen LogP contribution in [0, 0.1) is 0 Å². The Morgan fingerprint density at radius 3 is 2.23 bits per heavy atom. The van der Waals surface area contributed by atoms with Gasteiger partial charge in [0.05, 0.1) is 6.10 Å². The van der Waals surface area contributed by atoms with Gasteiger partial charge in [-0.25, -0.2) is 0 Å². The second-order valence-electron chi connectivity index (χ2n) is 2.92. The summed E-state index contributed by atoms with van der Waals surface area (Å²) in [7, 11) is 0. The highest BCUT2D eigenvalue weighted by atomic mass is 16.4. The molecular weight excluding hydrogens is 176 g/mol. The van der Waals surface area contributed by atoms with E-state index in [4.69, 9.17) is 10.2 Å². The number of aliphatic hydroxyl groups is 4. The molecule has 0 saturated heterocycles. The molecule has 0 radical (unpaired) electrons. The monoisotopic (exact) mass is 192 g/mol. The molecule has 0 bridgehead atoms. The van der Waals surface area contributed by atoms with Gasteiger partial charge in [0.25, 0.3) is 0 Å². The number of rotatable bonds is 6. The van der Waals surface area contributed by atoms with Crippen LogP contribution in [-0.2, 0) is 4.79 Å². The normalized spacial score (nSPS) is 17.9.